The summed E-state index contributed by atoms with van der Waals surface area (Å²) in [5.41, 5.74) is 4.69. The molecular weight excluding hydrogens is 408 g/mol. The summed E-state index contributed by atoms with van der Waals surface area (Å²) in [6.07, 6.45) is 3.47. The van der Waals surface area contributed by atoms with Crippen LogP contribution in [0.5, 0.6) is 5.75 Å². The maximum atomic E-state index is 12.7. The number of unbranched alkanes of at least 4 members (excludes halogenated alkanes) is 2. The summed E-state index contributed by atoms with van der Waals surface area (Å²) in [4.78, 5) is 37.5. The van der Waals surface area contributed by atoms with Crippen molar-refractivity contribution in [2.24, 2.45) is 0 Å². The second-order valence-corrected chi connectivity index (χ2v) is 7.40. The van der Waals surface area contributed by atoms with Gasteiger partial charge in [0.05, 0.1) is 12.0 Å². The Morgan fingerprint density at radius 3 is 2.41 bits per heavy atom. The standard InChI is InChI=1S/C24H28N4O4/c1-2-3-9-16-28-24(31)20-14-8-7-13-19(20)22(27-28)23(30)26-25-21(29)15-10-17-32-18-11-5-4-6-12-18/h4-8,11-14H,2-3,9-10,15-17H2,1H3,(H,25,29)(H,26,30). The number of aryl methyl sites for hydroxylation is 1. The zero-order valence-corrected chi connectivity index (χ0v) is 18.2. The molecule has 8 heteroatoms. The SMILES string of the molecule is CCCCCn1nc(C(=O)NNC(=O)CCCOc2ccccc2)c2ccccc2c1=O. The zero-order chi connectivity index (χ0) is 22.8. The van der Waals surface area contributed by atoms with E-state index in [4.69, 9.17) is 4.74 Å². The zero-order valence-electron chi connectivity index (χ0n) is 18.2. The number of hydrazine groups is 1. The predicted molar refractivity (Wildman–Crippen MR) is 122 cm³/mol. The summed E-state index contributed by atoms with van der Waals surface area (Å²) in [5.74, 6) is -0.164. The quantitative estimate of drug-likeness (QED) is 0.375. The highest BCUT2D eigenvalue weighted by Gasteiger charge is 2.17. The number of ether oxygens (including phenoxy) is 1. The van der Waals surface area contributed by atoms with Crippen LogP contribution in [0.2, 0.25) is 0 Å². The molecule has 2 N–H and O–H groups in total. The number of hydrogen-bond donors (Lipinski definition) is 2. The highest BCUT2D eigenvalue weighted by molar-refractivity contribution is 6.05. The van der Waals surface area contributed by atoms with Crippen molar-refractivity contribution in [3.8, 4) is 5.75 Å². The fourth-order valence-electron chi connectivity index (χ4n) is 3.25. The number of hydrogen-bond acceptors (Lipinski definition) is 5. The largest absolute Gasteiger partial charge is 0.494 e. The summed E-state index contributed by atoms with van der Waals surface area (Å²) in [7, 11) is 0. The fourth-order valence-corrected chi connectivity index (χ4v) is 3.25. The third-order valence-electron chi connectivity index (χ3n) is 4.93. The van der Waals surface area contributed by atoms with Crippen LogP contribution in [0, 0.1) is 0 Å². The number of aromatic nitrogens is 2. The van der Waals surface area contributed by atoms with E-state index in [-0.39, 0.29) is 23.6 Å². The van der Waals surface area contributed by atoms with Gasteiger partial charge in [-0.15, -0.1) is 0 Å². The van der Waals surface area contributed by atoms with Gasteiger partial charge in [0.1, 0.15) is 5.75 Å². The second kappa shape index (κ2) is 11.6. The van der Waals surface area contributed by atoms with E-state index in [9.17, 15) is 14.4 Å². The number of amides is 2. The molecule has 0 saturated heterocycles. The van der Waals surface area contributed by atoms with Gasteiger partial charge in [-0.3, -0.25) is 25.2 Å². The smallest absolute Gasteiger partial charge is 0.290 e. The average molecular weight is 437 g/mol. The maximum absolute atomic E-state index is 12.7. The summed E-state index contributed by atoms with van der Waals surface area (Å²) in [6.45, 7) is 2.90. The van der Waals surface area contributed by atoms with E-state index in [0.717, 1.165) is 25.0 Å². The Labute approximate surface area is 186 Å². The van der Waals surface area contributed by atoms with E-state index in [2.05, 4.69) is 22.9 Å². The van der Waals surface area contributed by atoms with E-state index in [1.54, 1.807) is 24.3 Å². The number of fused-ring (bicyclic) bond motifs is 1. The second-order valence-electron chi connectivity index (χ2n) is 7.40. The first-order chi connectivity index (χ1) is 15.6. The van der Waals surface area contributed by atoms with Crippen LogP contribution in [-0.2, 0) is 11.3 Å². The molecule has 0 aliphatic carbocycles. The topological polar surface area (TPSA) is 102 Å². The number of nitrogens with one attached hydrogen (secondary N) is 2. The van der Waals surface area contributed by atoms with Gasteiger partial charge < -0.3 is 4.74 Å². The highest BCUT2D eigenvalue weighted by atomic mass is 16.5. The van der Waals surface area contributed by atoms with Gasteiger partial charge in [0, 0.05) is 18.4 Å². The van der Waals surface area contributed by atoms with Crippen LogP contribution in [-0.4, -0.2) is 28.2 Å². The molecule has 0 saturated carbocycles. The molecule has 2 aromatic carbocycles. The molecule has 0 fully saturated rings. The Hall–Kier alpha value is -3.68. The summed E-state index contributed by atoms with van der Waals surface area (Å²) in [6, 6.07) is 16.2. The molecule has 0 unspecified atom stereocenters. The molecule has 3 aromatic rings. The lowest BCUT2D eigenvalue weighted by Gasteiger charge is -2.12. The molecule has 0 aliphatic heterocycles. The predicted octanol–water partition coefficient (Wildman–Crippen LogP) is 3.21. The molecule has 1 aromatic heterocycles. The minimum atomic E-state index is -0.570. The van der Waals surface area contributed by atoms with Crippen LogP contribution < -0.4 is 21.1 Å². The number of benzene rings is 2. The van der Waals surface area contributed by atoms with E-state index in [1.807, 2.05) is 30.3 Å². The molecular formula is C24H28N4O4. The molecule has 3 rings (SSSR count). The molecule has 8 nitrogen and oxygen atoms in total. The van der Waals surface area contributed by atoms with Crippen LogP contribution in [0.3, 0.4) is 0 Å². The Kier molecular flexibility index (Phi) is 8.36. The number of para-hydroxylation sites is 1. The Morgan fingerprint density at radius 1 is 0.938 bits per heavy atom. The van der Waals surface area contributed by atoms with Crippen molar-refractivity contribution in [3.05, 3.63) is 70.6 Å². The first-order valence-electron chi connectivity index (χ1n) is 10.9. The van der Waals surface area contributed by atoms with E-state index < -0.39 is 5.91 Å². The Balaban J connectivity index is 1.59. The lowest BCUT2D eigenvalue weighted by molar-refractivity contribution is -0.122. The van der Waals surface area contributed by atoms with Gasteiger partial charge in [-0.2, -0.15) is 5.10 Å². The third-order valence-corrected chi connectivity index (χ3v) is 4.93. The molecule has 0 radical (unpaired) electrons. The van der Waals surface area contributed by atoms with E-state index >= 15 is 0 Å². The Bertz CT molecular complexity index is 1110. The van der Waals surface area contributed by atoms with Crippen molar-refractivity contribution in [1.29, 1.82) is 0 Å². The van der Waals surface area contributed by atoms with Crippen molar-refractivity contribution in [2.75, 3.05) is 6.61 Å². The Morgan fingerprint density at radius 2 is 1.66 bits per heavy atom. The summed E-state index contributed by atoms with van der Waals surface area (Å²) < 4.78 is 6.88. The lowest BCUT2D eigenvalue weighted by Crippen LogP contribution is -2.42. The van der Waals surface area contributed by atoms with Crippen LogP contribution in [0.1, 0.15) is 49.5 Å². The van der Waals surface area contributed by atoms with Crippen molar-refractivity contribution in [2.45, 2.75) is 45.6 Å². The van der Waals surface area contributed by atoms with Crippen LogP contribution in [0.25, 0.3) is 10.8 Å². The van der Waals surface area contributed by atoms with Gasteiger partial charge in [-0.1, -0.05) is 56.2 Å². The monoisotopic (exact) mass is 436 g/mol. The molecule has 168 valence electrons. The summed E-state index contributed by atoms with van der Waals surface area (Å²) in [5, 5.41) is 5.16. The normalized spacial score (nSPS) is 10.7. The molecule has 2 amide bonds. The van der Waals surface area contributed by atoms with Gasteiger partial charge in [0.2, 0.25) is 5.91 Å². The summed E-state index contributed by atoms with van der Waals surface area (Å²) >= 11 is 0. The van der Waals surface area contributed by atoms with Crippen LogP contribution in [0.15, 0.2) is 59.4 Å². The minimum Gasteiger partial charge on any atom is -0.494 e. The van der Waals surface area contributed by atoms with Crippen molar-refractivity contribution in [3.63, 3.8) is 0 Å². The first kappa shape index (κ1) is 23.0. The minimum absolute atomic E-state index is 0.101. The van der Waals surface area contributed by atoms with Crippen molar-refractivity contribution in [1.82, 2.24) is 20.6 Å². The molecule has 0 atom stereocenters. The maximum Gasteiger partial charge on any atom is 0.290 e. The van der Waals surface area contributed by atoms with Gasteiger partial charge in [-0.05, 0) is 31.0 Å². The van der Waals surface area contributed by atoms with E-state index in [1.165, 1.54) is 4.68 Å². The number of carbonyl (C=O) groups is 2. The molecule has 0 spiro atoms. The molecule has 0 aliphatic rings. The van der Waals surface area contributed by atoms with Gasteiger partial charge >= 0.3 is 0 Å². The van der Waals surface area contributed by atoms with E-state index in [0.29, 0.717) is 30.3 Å². The number of carbonyl (C=O) groups excluding carboxylic acids is 2. The van der Waals surface area contributed by atoms with Crippen LogP contribution >= 0.6 is 0 Å². The average Bonchev–Trinajstić information content (AvgIpc) is 2.82. The third kappa shape index (κ3) is 6.16. The van der Waals surface area contributed by atoms with Crippen molar-refractivity contribution >= 4 is 22.6 Å². The number of rotatable bonds is 10. The van der Waals surface area contributed by atoms with Gasteiger partial charge in [0.15, 0.2) is 5.69 Å². The highest BCUT2D eigenvalue weighted by Crippen LogP contribution is 2.13. The number of nitrogens with zero attached hydrogens (tertiary/aromatic N) is 2. The van der Waals surface area contributed by atoms with Gasteiger partial charge in [-0.25, -0.2) is 4.68 Å². The fraction of sp³-hybridized carbons (Fsp3) is 0.333. The lowest BCUT2D eigenvalue weighted by atomic mass is 10.1. The molecule has 1 heterocycles. The van der Waals surface area contributed by atoms with Crippen molar-refractivity contribution < 1.29 is 14.3 Å². The molecule has 32 heavy (non-hydrogen) atoms. The molecule has 0 bridgehead atoms. The van der Waals surface area contributed by atoms with Gasteiger partial charge in [0.25, 0.3) is 11.5 Å². The first-order valence-corrected chi connectivity index (χ1v) is 10.9. The van der Waals surface area contributed by atoms with Crippen LogP contribution in [0.4, 0.5) is 0 Å².